The van der Waals surface area contributed by atoms with E-state index in [1.165, 1.54) is 0 Å². The Bertz CT molecular complexity index is 386. The van der Waals surface area contributed by atoms with Gasteiger partial charge in [0.05, 0.1) is 12.2 Å². The first kappa shape index (κ1) is 13.5. The molecule has 17 heavy (non-hydrogen) atoms. The van der Waals surface area contributed by atoms with E-state index >= 15 is 0 Å². The summed E-state index contributed by atoms with van der Waals surface area (Å²) >= 11 is 0. The number of amidine groups is 1. The first-order chi connectivity index (χ1) is 8.10. The predicted molar refractivity (Wildman–Crippen MR) is 69.6 cm³/mol. The molecule has 0 radical (unpaired) electrons. The lowest BCUT2D eigenvalue weighted by atomic mass is 10.1. The van der Waals surface area contributed by atoms with Crippen molar-refractivity contribution in [3.63, 3.8) is 0 Å². The number of aromatic nitrogens is 1. The Morgan fingerprint density at radius 2 is 2.12 bits per heavy atom. The number of nitrogen functional groups attached to an aromatic ring is 1. The third-order valence-corrected chi connectivity index (χ3v) is 3.00. The highest BCUT2D eigenvalue weighted by molar-refractivity contribution is 5.98. The third kappa shape index (κ3) is 3.44. The van der Waals surface area contributed by atoms with Crippen LogP contribution in [0.15, 0.2) is 12.3 Å². The second-order valence-corrected chi connectivity index (χ2v) is 4.22. The maximum atomic E-state index is 7.55. The van der Waals surface area contributed by atoms with Crippen LogP contribution < -0.4 is 10.5 Å². The molecule has 0 fully saturated rings. The molecule has 94 valence electrons. The Labute approximate surface area is 103 Å². The van der Waals surface area contributed by atoms with E-state index in [0.717, 1.165) is 18.4 Å². The van der Waals surface area contributed by atoms with Crippen molar-refractivity contribution < 1.29 is 4.74 Å². The van der Waals surface area contributed by atoms with Crippen molar-refractivity contribution in [2.24, 2.45) is 11.7 Å². The maximum absolute atomic E-state index is 7.55. The summed E-state index contributed by atoms with van der Waals surface area (Å²) in [6.07, 6.45) is 3.85. The van der Waals surface area contributed by atoms with Crippen LogP contribution in [0, 0.1) is 18.3 Å². The molecule has 1 heterocycles. The summed E-state index contributed by atoms with van der Waals surface area (Å²) in [7, 11) is 0. The second-order valence-electron chi connectivity index (χ2n) is 4.22. The molecule has 1 aromatic rings. The molecule has 0 saturated carbocycles. The molecule has 1 rings (SSSR count). The summed E-state index contributed by atoms with van der Waals surface area (Å²) in [5, 5.41) is 7.55. The van der Waals surface area contributed by atoms with Crippen molar-refractivity contribution in [3.05, 3.63) is 23.4 Å². The van der Waals surface area contributed by atoms with Gasteiger partial charge in [-0.2, -0.15) is 0 Å². The molecule has 4 nitrogen and oxygen atoms in total. The molecule has 0 aliphatic carbocycles. The van der Waals surface area contributed by atoms with Crippen LogP contribution in [0.2, 0.25) is 0 Å². The van der Waals surface area contributed by atoms with Crippen LogP contribution in [0.1, 0.15) is 37.8 Å². The summed E-state index contributed by atoms with van der Waals surface area (Å²) in [5.74, 6) is 1.01. The van der Waals surface area contributed by atoms with Gasteiger partial charge in [0.1, 0.15) is 5.84 Å². The van der Waals surface area contributed by atoms with Crippen molar-refractivity contribution in [1.82, 2.24) is 4.98 Å². The molecule has 0 atom stereocenters. The maximum Gasteiger partial charge on any atom is 0.224 e. The van der Waals surface area contributed by atoms with Gasteiger partial charge in [-0.1, -0.05) is 26.7 Å². The van der Waals surface area contributed by atoms with Gasteiger partial charge in [-0.25, -0.2) is 4.98 Å². The highest BCUT2D eigenvalue weighted by atomic mass is 16.5. The summed E-state index contributed by atoms with van der Waals surface area (Å²) in [5.41, 5.74) is 7.08. The van der Waals surface area contributed by atoms with Crippen LogP contribution in [0.4, 0.5) is 0 Å². The van der Waals surface area contributed by atoms with Crippen LogP contribution in [0.3, 0.4) is 0 Å². The number of nitrogens with zero attached hydrogens (tertiary/aromatic N) is 1. The van der Waals surface area contributed by atoms with Crippen molar-refractivity contribution >= 4 is 5.84 Å². The van der Waals surface area contributed by atoms with Gasteiger partial charge in [0.15, 0.2) is 0 Å². The number of hydrogen-bond acceptors (Lipinski definition) is 3. The van der Waals surface area contributed by atoms with E-state index in [2.05, 4.69) is 18.8 Å². The van der Waals surface area contributed by atoms with E-state index < -0.39 is 0 Å². The van der Waals surface area contributed by atoms with Gasteiger partial charge < -0.3 is 10.5 Å². The standard InChI is InChI=1S/C13H21N3O/c1-4-10(5-2)8-17-13-11(12(14)15)9(3)6-7-16-13/h6-7,10H,4-5,8H2,1-3H3,(H3,14,15). The molecule has 0 unspecified atom stereocenters. The third-order valence-electron chi connectivity index (χ3n) is 3.00. The number of hydrogen-bond donors (Lipinski definition) is 2. The average molecular weight is 235 g/mol. The van der Waals surface area contributed by atoms with E-state index in [0.29, 0.717) is 24.0 Å². The first-order valence-electron chi connectivity index (χ1n) is 6.02. The number of aryl methyl sites for hydroxylation is 1. The molecule has 0 aliphatic heterocycles. The molecule has 0 saturated heterocycles. The van der Waals surface area contributed by atoms with Gasteiger partial charge in [0.2, 0.25) is 5.88 Å². The van der Waals surface area contributed by atoms with Crippen LogP contribution in [0.5, 0.6) is 5.88 Å². The number of pyridine rings is 1. The molecule has 0 aromatic carbocycles. The fraction of sp³-hybridized carbons (Fsp3) is 0.538. The van der Waals surface area contributed by atoms with E-state index in [1.54, 1.807) is 6.20 Å². The monoisotopic (exact) mass is 235 g/mol. The van der Waals surface area contributed by atoms with Crippen LogP contribution in [0.25, 0.3) is 0 Å². The highest BCUT2D eigenvalue weighted by Gasteiger charge is 2.13. The number of nitrogens with one attached hydrogen (secondary N) is 1. The van der Waals surface area contributed by atoms with Crippen molar-refractivity contribution in [2.75, 3.05) is 6.61 Å². The Balaban J connectivity index is 2.84. The summed E-state index contributed by atoms with van der Waals surface area (Å²) < 4.78 is 5.69. The molecular weight excluding hydrogens is 214 g/mol. The van der Waals surface area contributed by atoms with Gasteiger partial charge in [-0.05, 0) is 24.5 Å². The number of rotatable bonds is 6. The van der Waals surface area contributed by atoms with Gasteiger partial charge in [-0.15, -0.1) is 0 Å². The molecule has 1 aromatic heterocycles. The van der Waals surface area contributed by atoms with E-state index in [1.807, 2.05) is 13.0 Å². The summed E-state index contributed by atoms with van der Waals surface area (Å²) in [4.78, 5) is 4.16. The fourth-order valence-electron chi connectivity index (χ4n) is 1.69. The van der Waals surface area contributed by atoms with Gasteiger partial charge in [-0.3, -0.25) is 5.41 Å². The van der Waals surface area contributed by atoms with Crippen LogP contribution >= 0.6 is 0 Å². The lowest BCUT2D eigenvalue weighted by Gasteiger charge is -2.15. The normalized spacial score (nSPS) is 10.6. The average Bonchev–Trinajstić information content (AvgIpc) is 2.29. The minimum Gasteiger partial charge on any atom is -0.477 e. The minimum atomic E-state index is 0.00940. The van der Waals surface area contributed by atoms with Crippen molar-refractivity contribution in [1.29, 1.82) is 5.41 Å². The zero-order valence-electron chi connectivity index (χ0n) is 10.8. The molecule has 0 amide bonds. The van der Waals surface area contributed by atoms with Crippen LogP contribution in [-0.4, -0.2) is 17.4 Å². The molecular formula is C13H21N3O. The zero-order chi connectivity index (χ0) is 12.8. The molecule has 0 bridgehead atoms. The SMILES string of the molecule is CCC(CC)COc1nccc(C)c1C(=N)N. The predicted octanol–water partition coefficient (Wildman–Crippen LogP) is 2.49. The lowest BCUT2D eigenvalue weighted by Crippen LogP contribution is -2.18. The largest absolute Gasteiger partial charge is 0.477 e. The number of ether oxygens (including phenoxy) is 1. The van der Waals surface area contributed by atoms with Crippen molar-refractivity contribution in [3.8, 4) is 5.88 Å². The molecule has 4 heteroatoms. The van der Waals surface area contributed by atoms with E-state index in [9.17, 15) is 0 Å². The topological polar surface area (TPSA) is 72.0 Å². The Morgan fingerprint density at radius 3 is 2.65 bits per heavy atom. The lowest BCUT2D eigenvalue weighted by molar-refractivity contribution is 0.232. The van der Waals surface area contributed by atoms with Crippen LogP contribution in [-0.2, 0) is 0 Å². The number of nitrogens with two attached hydrogens (primary N) is 1. The second kappa shape index (κ2) is 6.23. The quantitative estimate of drug-likeness (QED) is 0.587. The van der Waals surface area contributed by atoms with E-state index in [4.69, 9.17) is 15.9 Å². The van der Waals surface area contributed by atoms with Gasteiger partial charge >= 0.3 is 0 Å². The highest BCUT2D eigenvalue weighted by Crippen LogP contribution is 2.19. The Hall–Kier alpha value is -1.58. The first-order valence-corrected chi connectivity index (χ1v) is 6.02. The Morgan fingerprint density at radius 1 is 1.47 bits per heavy atom. The fourth-order valence-corrected chi connectivity index (χ4v) is 1.69. The molecule has 3 N–H and O–H groups in total. The summed E-state index contributed by atoms with van der Waals surface area (Å²) in [6.45, 7) is 6.83. The minimum absolute atomic E-state index is 0.00940. The van der Waals surface area contributed by atoms with E-state index in [-0.39, 0.29) is 5.84 Å². The molecule has 0 aliphatic rings. The van der Waals surface area contributed by atoms with Gasteiger partial charge in [0, 0.05) is 6.20 Å². The smallest absolute Gasteiger partial charge is 0.224 e. The van der Waals surface area contributed by atoms with Gasteiger partial charge in [0.25, 0.3) is 0 Å². The summed E-state index contributed by atoms with van der Waals surface area (Å²) in [6, 6.07) is 1.83. The zero-order valence-corrected chi connectivity index (χ0v) is 10.8. The molecule has 0 spiro atoms. The Kier molecular flexibility index (Phi) is 4.94. The van der Waals surface area contributed by atoms with Crippen molar-refractivity contribution in [2.45, 2.75) is 33.6 Å².